The molecule has 0 fully saturated rings. The molecule has 5 heteroatoms. The van der Waals surface area contributed by atoms with E-state index in [9.17, 15) is 14.7 Å². The lowest BCUT2D eigenvalue weighted by molar-refractivity contribution is 0.0696. The van der Waals surface area contributed by atoms with Gasteiger partial charge in [-0.3, -0.25) is 4.79 Å². The molecular weight excluding hydrogens is 436 g/mol. The average Bonchev–Trinajstić information content (AvgIpc) is 3.30. The summed E-state index contributed by atoms with van der Waals surface area (Å²) in [6, 6.07) is 32.7. The first-order chi connectivity index (χ1) is 17.1. The van der Waals surface area contributed by atoms with Crippen molar-refractivity contribution < 1.29 is 14.7 Å². The number of fused-ring (bicyclic) bond motifs is 1. The molecule has 4 aromatic carbocycles. The second-order valence-electron chi connectivity index (χ2n) is 8.43. The molecule has 0 atom stereocenters. The number of aromatic carboxylic acids is 1. The molecule has 0 bridgehead atoms. The third-order valence-corrected chi connectivity index (χ3v) is 6.13. The van der Waals surface area contributed by atoms with Gasteiger partial charge in [0.25, 0.3) is 5.91 Å². The first-order valence-corrected chi connectivity index (χ1v) is 11.4. The maximum absolute atomic E-state index is 12.7. The van der Waals surface area contributed by atoms with Crippen LogP contribution in [0.4, 0.5) is 0 Å². The molecule has 1 aromatic heterocycles. The van der Waals surface area contributed by atoms with Gasteiger partial charge in [0, 0.05) is 35.8 Å². The average molecular weight is 461 g/mol. The number of carbonyl (C=O) groups is 2. The highest BCUT2D eigenvalue weighted by molar-refractivity contribution is 5.98. The fraction of sp³-hybridized carbons (Fsp3) is 0.0667. The number of benzene rings is 4. The number of carboxylic acid groups (broad SMARTS) is 1. The van der Waals surface area contributed by atoms with E-state index in [0.717, 1.165) is 33.2 Å². The van der Waals surface area contributed by atoms with Crippen LogP contribution in [-0.4, -0.2) is 21.6 Å². The maximum Gasteiger partial charge on any atom is 0.335 e. The van der Waals surface area contributed by atoms with E-state index in [2.05, 4.69) is 16.0 Å². The Morgan fingerprint density at radius 1 is 0.771 bits per heavy atom. The van der Waals surface area contributed by atoms with Gasteiger partial charge < -0.3 is 15.0 Å². The van der Waals surface area contributed by atoms with Crippen LogP contribution >= 0.6 is 0 Å². The van der Waals surface area contributed by atoms with Crippen molar-refractivity contribution in [2.45, 2.75) is 13.1 Å². The van der Waals surface area contributed by atoms with Crippen LogP contribution < -0.4 is 5.32 Å². The van der Waals surface area contributed by atoms with Gasteiger partial charge in [-0.05, 0) is 58.7 Å². The molecule has 172 valence electrons. The summed E-state index contributed by atoms with van der Waals surface area (Å²) >= 11 is 0. The highest BCUT2D eigenvalue weighted by atomic mass is 16.4. The number of nitrogens with one attached hydrogen (secondary N) is 1. The Bertz CT molecular complexity index is 1500. The largest absolute Gasteiger partial charge is 0.478 e. The van der Waals surface area contributed by atoms with Crippen LogP contribution in [-0.2, 0) is 13.1 Å². The molecule has 0 unspecified atom stereocenters. The molecule has 0 saturated carbocycles. The molecule has 0 aliphatic rings. The summed E-state index contributed by atoms with van der Waals surface area (Å²) in [7, 11) is 0. The summed E-state index contributed by atoms with van der Waals surface area (Å²) in [6.45, 7) is 1.14. The van der Waals surface area contributed by atoms with Gasteiger partial charge in [-0.1, -0.05) is 66.7 Å². The summed E-state index contributed by atoms with van der Waals surface area (Å²) < 4.78 is 2.16. The van der Waals surface area contributed by atoms with Gasteiger partial charge in [0.15, 0.2) is 0 Å². The molecule has 0 aliphatic heterocycles. The second kappa shape index (κ2) is 9.69. The lowest BCUT2D eigenvalue weighted by Crippen LogP contribution is -2.22. The third kappa shape index (κ3) is 4.84. The Hall–Kier alpha value is -4.64. The van der Waals surface area contributed by atoms with Crippen LogP contribution in [0, 0.1) is 0 Å². The molecule has 0 radical (unpaired) electrons. The molecule has 35 heavy (non-hydrogen) atoms. The first-order valence-electron chi connectivity index (χ1n) is 11.4. The predicted molar refractivity (Wildman–Crippen MR) is 137 cm³/mol. The molecule has 0 aliphatic carbocycles. The molecule has 0 saturated heterocycles. The number of hydrogen-bond donors (Lipinski definition) is 2. The van der Waals surface area contributed by atoms with E-state index in [1.807, 2.05) is 91.1 Å². The summed E-state index contributed by atoms with van der Waals surface area (Å²) in [5.41, 5.74) is 6.15. The Balaban J connectivity index is 1.36. The van der Waals surface area contributed by atoms with E-state index in [0.29, 0.717) is 18.7 Å². The fourth-order valence-electron chi connectivity index (χ4n) is 4.28. The van der Waals surface area contributed by atoms with Gasteiger partial charge in [0.2, 0.25) is 0 Å². The van der Waals surface area contributed by atoms with Gasteiger partial charge in [-0.2, -0.15) is 0 Å². The van der Waals surface area contributed by atoms with Crippen LogP contribution in [0.25, 0.3) is 22.0 Å². The minimum atomic E-state index is -0.934. The van der Waals surface area contributed by atoms with Crippen LogP contribution in [0.1, 0.15) is 31.8 Å². The number of nitrogens with zero attached hydrogens (tertiary/aromatic N) is 1. The van der Waals surface area contributed by atoms with Crippen molar-refractivity contribution in [3.8, 4) is 11.1 Å². The zero-order chi connectivity index (χ0) is 24.2. The van der Waals surface area contributed by atoms with Crippen molar-refractivity contribution in [3.05, 3.63) is 132 Å². The SMILES string of the molecule is O=C(O)c1ccc(-c2ccccc2Cn2ccc3cc(C(=O)NCc4ccccc4)ccc32)cc1. The van der Waals surface area contributed by atoms with Gasteiger partial charge >= 0.3 is 5.97 Å². The topological polar surface area (TPSA) is 71.3 Å². The van der Waals surface area contributed by atoms with Gasteiger partial charge in [0.1, 0.15) is 0 Å². The zero-order valence-electron chi connectivity index (χ0n) is 19.0. The Labute approximate surface area is 203 Å². The first kappa shape index (κ1) is 22.2. The monoisotopic (exact) mass is 460 g/mol. The lowest BCUT2D eigenvalue weighted by Gasteiger charge is -2.12. The van der Waals surface area contributed by atoms with Crippen molar-refractivity contribution >= 4 is 22.8 Å². The van der Waals surface area contributed by atoms with Crippen molar-refractivity contribution in [1.82, 2.24) is 9.88 Å². The molecule has 5 nitrogen and oxygen atoms in total. The zero-order valence-corrected chi connectivity index (χ0v) is 19.0. The quantitative estimate of drug-likeness (QED) is 0.314. The van der Waals surface area contributed by atoms with E-state index < -0.39 is 5.97 Å². The van der Waals surface area contributed by atoms with Gasteiger partial charge in [-0.25, -0.2) is 4.79 Å². The van der Waals surface area contributed by atoms with Crippen molar-refractivity contribution in [2.75, 3.05) is 0 Å². The molecule has 2 N–H and O–H groups in total. The van der Waals surface area contributed by atoms with Crippen molar-refractivity contribution in [2.24, 2.45) is 0 Å². The molecule has 0 spiro atoms. The molecule has 1 heterocycles. The van der Waals surface area contributed by atoms with Crippen LogP contribution in [0.15, 0.2) is 109 Å². The number of rotatable bonds is 7. The minimum absolute atomic E-state index is 0.0985. The van der Waals surface area contributed by atoms with E-state index in [1.165, 1.54) is 0 Å². The van der Waals surface area contributed by atoms with Crippen molar-refractivity contribution in [1.29, 1.82) is 0 Å². The standard InChI is InChI=1S/C30H24N2O3/c33-29(31-19-21-6-2-1-3-7-21)25-14-15-28-24(18-25)16-17-32(28)20-26-8-4-5-9-27(26)22-10-12-23(13-11-22)30(34)35/h1-18H,19-20H2,(H,31,33)(H,34,35). The van der Waals surface area contributed by atoms with E-state index in [4.69, 9.17) is 0 Å². The van der Waals surface area contributed by atoms with Gasteiger partial charge in [-0.15, -0.1) is 0 Å². The summed E-state index contributed by atoms with van der Waals surface area (Å²) in [6.07, 6.45) is 2.03. The number of amides is 1. The van der Waals surface area contributed by atoms with Gasteiger partial charge in [0.05, 0.1) is 5.56 Å². The molecule has 5 rings (SSSR count). The minimum Gasteiger partial charge on any atom is -0.478 e. The summed E-state index contributed by atoms with van der Waals surface area (Å²) in [5, 5.41) is 13.2. The van der Waals surface area contributed by atoms with E-state index in [1.54, 1.807) is 12.1 Å². The predicted octanol–water partition coefficient (Wildman–Crippen LogP) is 5.98. The Morgan fingerprint density at radius 3 is 2.26 bits per heavy atom. The Kier molecular flexibility index (Phi) is 6.14. The summed E-state index contributed by atoms with van der Waals surface area (Å²) in [4.78, 5) is 23.9. The van der Waals surface area contributed by atoms with E-state index >= 15 is 0 Å². The van der Waals surface area contributed by atoms with Crippen LogP contribution in [0.2, 0.25) is 0 Å². The maximum atomic E-state index is 12.7. The highest BCUT2D eigenvalue weighted by Crippen LogP contribution is 2.27. The molecule has 1 amide bonds. The lowest BCUT2D eigenvalue weighted by atomic mass is 9.98. The number of carboxylic acids is 1. The highest BCUT2D eigenvalue weighted by Gasteiger charge is 2.11. The summed E-state index contributed by atoms with van der Waals surface area (Å²) in [5.74, 6) is -1.03. The smallest absolute Gasteiger partial charge is 0.335 e. The number of hydrogen-bond acceptors (Lipinski definition) is 2. The third-order valence-electron chi connectivity index (χ3n) is 6.13. The molecular formula is C30H24N2O3. The number of carbonyl (C=O) groups excluding carboxylic acids is 1. The Morgan fingerprint density at radius 2 is 1.49 bits per heavy atom. The fourth-order valence-corrected chi connectivity index (χ4v) is 4.28. The van der Waals surface area contributed by atoms with Crippen LogP contribution in [0.5, 0.6) is 0 Å². The van der Waals surface area contributed by atoms with Crippen LogP contribution in [0.3, 0.4) is 0 Å². The van der Waals surface area contributed by atoms with Crippen molar-refractivity contribution in [3.63, 3.8) is 0 Å². The normalized spacial score (nSPS) is 10.9. The second-order valence-corrected chi connectivity index (χ2v) is 8.43. The van der Waals surface area contributed by atoms with E-state index in [-0.39, 0.29) is 11.5 Å². The number of aromatic nitrogens is 1. The molecule has 5 aromatic rings.